The number of nitrogens with zero attached hydrogens (tertiary/aromatic N) is 2. The molecule has 126 valence electrons. The monoisotopic (exact) mass is 350 g/mol. The van der Waals surface area contributed by atoms with Crippen molar-refractivity contribution in [3.05, 3.63) is 70.2 Å². The first-order chi connectivity index (χ1) is 11.9. The molecule has 1 atom stereocenters. The summed E-state index contributed by atoms with van der Waals surface area (Å²) in [6.45, 7) is 3.91. The second kappa shape index (κ2) is 6.74. The van der Waals surface area contributed by atoms with Crippen molar-refractivity contribution in [1.29, 1.82) is 5.26 Å². The molecule has 0 radical (unpaired) electrons. The number of methoxy groups -OCH3 is 1. The molecule has 0 fully saturated rings. The third-order valence-electron chi connectivity index (χ3n) is 4.49. The summed E-state index contributed by atoms with van der Waals surface area (Å²) < 4.78 is 5.32. The Morgan fingerprint density at radius 1 is 1.20 bits per heavy atom. The first kappa shape index (κ1) is 17.3. The zero-order valence-electron chi connectivity index (χ0n) is 14.5. The van der Waals surface area contributed by atoms with Crippen LogP contribution in [0.1, 0.15) is 23.6 Å². The minimum absolute atomic E-state index is 0.582. The summed E-state index contributed by atoms with van der Waals surface area (Å²) in [7, 11) is 1.61. The van der Waals surface area contributed by atoms with E-state index in [1.54, 1.807) is 7.11 Å². The van der Waals surface area contributed by atoms with Crippen molar-refractivity contribution in [2.45, 2.75) is 25.7 Å². The number of hydrogen-bond acceptors (Lipinski definition) is 3. The molecule has 0 N–H and O–H groups in total. The second-order valence-corrected chi connectivity index (χ2v) is 6.91. The smallest absolute Gasteiger partial charge is 0.216 e. The number of benzene rings is 2. The Morgan fingerprint density at radius 3 is 2.68 bits per heavy atom. The molecule has 0 aliphatic carbocycles. The molecule has 3 nitrogen and oxygen atoms in total. The number of fused-ring (bicyclic) bond motifs is 1. The highest BCUT2D eigenvalue weighted by Crippen LogP contribution is 2.31. The van der Waals surface area contributed by atoms with Crippen molar-refractivity contribution in [3.8, 4) is 11.9 Å². The van der Waals surface area contributed by atoms with Crippen LogP contribution in [0.3, 0.4) is 0 Å². The van der Waals surface area contributed by atoms with Gasteiger partial charge in [-0.25, -0.2) is 4.98 Å². The molecule has 4 heteroatoms. The highest BCUT2D eigenvalue weighted by atomic mass is 35.5. The standard InChI is InChI=1S/C21H19ClN2O/c1-14-9-16-7-8-17(11-19(16)24-20(14)25-3)21(2,13-23)12-15-5-4-6-18(22)10-15/h4-11H,12H2,1-3H3. The summed E-state index contributed by atoms with van der Waals surface area (Å²) in [5.41, 5.74) is 3.11. The highest BCUT2D eigenvalue weighted by molar-refractivity contribution is 6.30. The summed E-state index contributed by atoms with van der Waals surface area (Å²) in [4.78, 5) is 4.57. The molecule has 0 bridgehead atoms. The molecule has 0 saturated heterocycles. The number of pyridine rings is 1. The summed E-state index contributed by atoms with van der Waals surface area (Å²) >= 11 is 6.08. The van der Waals surface area contributed by atoms with Crippen LogP contribution in [0.5, 0.6) is 5.88 Å². The number of rotatable bonds is 4. The van der Waals surface area contributed by atoms with Crippen molar-refractivity contribution in [2.24, 2.45) is 0 Å². The number of ether oxygens (including phenoxy) is 1. The normalized spacial score (nSPS) is 13.2. The van der Waals surface area contributed by atoms with E-state index in [-0.39, 0.29) is 0 Å². The Labute approximate surface area is 152 Å². The fourth-order valence-electron chi connectivity index (χ4n) is 3.07. The molecule has 0 saturated carbocycles. The van der Waals surface area contributed by atoms with Gasteiger partial charge in [-0.3, -0.25) is 0 Å². The number of halogens is 1. The number of nitriles is 1. The fourth-order valence-corrected chi connectivity index (χ4v) is 3.28. The Hall–Kier alpha value is -2.57. The van der Waals surface area contributed by atoms with E-state index in [0.717, 1.165) is 27.6 Å². The predicted octanol–water partition coefficient (Wildman–Crippen LogP) is 5.23. The second-order valence-electron chi connectivity index (χ2n) is 6.47. The van der Waals surface area contributed by atoms with Crippen LogP contribution in [-0.2, 0) is 11.8 Å². The van der Waals surface area contributed by atoms with Crippen molar-refractivity contribution < 1.29 is 4.74 Å². The van der Waals surface area contributed by atoms with Gasteiger partial charge in [0.05, 0.1) is 24.1 Å². The van der Waals surface area contributed by atoms with Gasteiger partial charge >= 0.3 is 0 Å². The number of aromatic nitrogens is 1. The Morgan fingerprint density at radius 2 is 2.00 bits per heavy atom. The number of aryl methyl sites for hydroxylation is 1. The van der Waals surface area contributed by atoms with Crippen LogP contribution in [0, 0.1) is 18.3 Å². The van der Waals surface area contributed by atoms with Gasteiger partial charge in [0, 0.05) is 16.0 Å². The summed E-state index contributed by atoms with van der Waals surface area (Å²) in [6.07, 6.45) is 0.582. The van der Waals surface area contributed by atoms with Gasteiger partial charge in [-0.15, -0.1) is 0 Å². The maximum absolute atomic E-state index is 9.86. The lowest BCUT2D eigenvalue weighted by atomic mass is 9.78. The van der Waals surface area contributed by atoms with E-state index < -0.39 is 5.41 Å². The van der Waals surface area contributed by atoms with Crippen molar-refractivity contribution >= 4 is 22.5 Å². The zero-order valence-corrected chi connectivity index (χ0v) is 15.3. The maximum Gasteiger partial charge on any atom is 0.216 e. The first-order valence-electron chi connectivity index (χ1n) is 8.07. The van der Waals surface area contributed by atoms with Crippen LogP contribution in [0.15, 0.2) is 48.5 Å². The van der Waals surface area contributed by atoms with E-state index in [0.29, 0.717) is 17.3 Å². The molecule has 3 aromatic rings. The van der Waals surface area contributed by atoms with E-state index in [1.165, 1.54) is 0 Å². The van der Waals surface area contributed by atoms with E-state index in [2.05, 4.69) is 11.1 Å². The zero-order chi connectivity index (χ0) is 18.0. The summed E-state index contributed by atoms with van der Waals surface area (Å²) in [6, 6.07) is 18.1. The number of hydrogen-bond donors (Lipinski definition) is 0. The van der Waals surface area contributed by atoms with E-state index >= 15 is 0 Å². The molecular formula is C21H19ClN2O. The van der Waals surface area contributed by atoms with E-state index in [4.69, 9.17) is 16.3 Å². The molecule has 1 aromatic heterocycles. The highest BCUT2D eigenvalue weighted by Gasteiger charge is 2.27. The van der Waals surface area contributed by atoms with Crippen LogP contribution in [0.25, 0.3) is 10.9 Å². The van der Waals surface area contributed by atoms with Gasteiger partial charge < -0.3 is 4.74 Å². The maximum atomic E-state index is 9.86. The van der Waals surface area contributed by atoms with Crippen LogP contribution in [0.4, 0.5) is 0 Å². The van der Waals surface area contributed by atoms with Gasteiger partial charge in [0.2, 0.25) is 5.88 Å². The van der Waals surface area contributed by atoms with Crippen molar-refractivity contribution in [2.75, 3.05) is 7.11 Å². The molecule has 0 amide bonds. The minimum atomic E-state index is -0.668. The molecule has 3 rings (SSSR count). The average molecular weight is 351 g/mol. The van der Waals surface area contributed by atoms with Crippen molar-refractivity contribution in [1.82, 2.24) is 4.98 Å². The van der Waals surface area contributed by atoms with Gasteiger partial charge in [0.1, 0.15) is 0 Å². The SMILES string of the molecule is COc1nc2cc(C(C)(C#N)Cc3cccc(Cl)c3)ccc2cc1C. The Balaban J connectivity index is 2.05. The van der Waals surface area contributed by atoms with E-state index in [1.807, 2.05) is 62.4 Å². The van der Waals surface area contributed by atoms with Gasteiger partial charge in [-0.2, -0.15) is 5.26 Å². The fraction of sp³-hybridized carbons (Fsp3) is 0.238. The minimum Gasteiger partial charge on any atom is -0.481 e. The topological polar surface area (TPSA) is 45.9 Å². The van der Waals surface area contributed by atoms with Crippen LogP contribution in [-0.4, -0.2) is 12.1 Å². The Kier molecular flexibility index (Phi) is 4.65. The van der Waals surface area contributed by atoms with E-state index in [9.17, 15) is 5.26 Å². The van der Waals surface area contributed by atoms with Crippen LogP contribution in [0.2, 0.25) is 5.02 Å². The molecule has 1 unspecified atom stereocenters. The predicted molar refractivity (Wildman–Crippen MR) is 101 cm³/mol. The van der Waals surface area contributed by atoms with Gasteiger partial charge in [0.25, 0.3) is 0 Å². The third kappa shape index (κ3) is 3.45. The van der Waals surface area contributed by atoms with Gasteiger partial charge in [0.15, 0.2) is 0 Å². The van der Waals surface area contributed by atoms with Crippen molar-refractivity contribution in [3.63, 3.8) is 0 Å². The van der Waals surface area contributed by atoms with Gasteiger partial charge in [-0.1, -0.05) is 35.9 Å². The summed E-state index contributed by atoms with van der Waals surface area (Å²) in [5, 5.41) is 11.6. The molecule has 0 spiro atoms. The van der Waals surface area contributed by atoms with Crippen LogP contribution >= 0.6 is 11.6 Å². The molecule has 0 aliphatic heterocycles. The molecule has 25 heavy (non-hydrogen) atoms. The molecular weight excluding hydrogens is 332 g/mol. The average Bonchev–Trinajstić information content (AvgIpc) is 2.60. The van der Waals surface area contributed by atoms with Crippen LogP contribution < -0.4 is 4.74 Å². The lowest BCUT2D eigenvalue weighted by Gasteiger charge is -2.23. The first-order valence-corrected chi connectivity index (χ1v) is 8.44. The molecule has 0 aliphatic rings. The lowest BCUT2D eigenvalue weighted by Crippen LogP contribution is -2.22. The molecule has 1 heterocycles. The molecule has 2 aromatic carbocycles. The largest absolute Gasteiger partial charge is 0.481 e. The Bertz CT molecular complexity index is 977. The summed E-state index contributed by atoms with van der Waals surface area (Å²) in [5.74, 6) is 0.609. The third-order valence-corrected chi connectivity index (χ3v) is 4.72. The quantitative estimate of drug-likeness (QED) is 0.647. The van der Waals surface area contributed by atoms with Gasteiger partial charge in [-0.05, 0) is 55.7 Å². The lowest BCUT2D eigenvalue weighted by molar-refractivity contribution is 0.396.